The van der Waals surface area contributed by atoms with Crippen molar-refractivity contribution in [3.63, 3.8) is 0 Å². The van der Waals surface area contributed by atoms with Crippen LogP contribution in [0.25, 0.3) is 0 Å². The van der Waals surface area contributed by atoms with Crippen LogP contribution in [0.5, 0.6) is 5.75 Å². The Kier molecular flexibility index (Phi) is 8.34. The van der Waals surface area contributed by atoms with E-state index in [2.05, 4.69) is 27.8 Å². The molecule has 2 fully saturated rings. The molecule has 2 aromatic carbocycles. The Bertz CT molecular complexity index is 1680. The van der Waals surface area contributed by atoms with Crippen molar-refractivity contribution in [3.05, 3.63) is 70.3 Å². The predicted octanol–water partition coefficient (Wildman–Crippen LogP) is 4.72. The highest BCUT2D eigenvalue weighted by Crippen LogP contribution is 2.47. The van der Waals surface area contributed by atoms with Crippen LogP contribution in [-0.2, 0) is 31.4 Å². The molecule has 5 aliphatic rings. The first kappa shape index (κ1) is 31.5. The van der Waals surface area contributed by atoms with Crippen molar-refractivity contribution in [1.29, 1.82) is 0 Å². The van der Waals surface area contributed by atoms with Crippen molar-refractivity contribution >= 4 is 39.1 Å². The molecule has 0 aromatic heterocycles. The minimum atomic E-state index is -4.09. The zero-order valence-corrected chi connectivity index (χ0v) is 28.0. The minimum Gasteiger partial charge on any atom is -0.490 e. The van der Waals surface area contributed by atoms with Crippen molar-refractivity contribution in [2.45, 2.75) is 62.2 Å². The molecule has 0 radical (unpaired) electrons. The number of carbonyl (C=O) groups is 2. The van der Waals surface area contributed by atoms with Crippen LogP contribution in [-0.4, -0.2) is 76.4 Å². The van der Waals surface area contributed by atoms with Crippen molar-refractivity contribution in [3.8, 4) is 5.75 Å². The number of hydrogen-bond donors (Lipinski definition) is 1. The molecule has 1 saturated heterocycles. The van der Waals surface area contributed by atoms with E-state index in [1.54, 1.807) is 30.2 Å². The van der Waals surface area contributed by atoms with Gasteiger partial charge in [-0.2, -0.15) is 0 Å². The molecule has 11 heteroatoms. The lowest BCUT2D eigenvalue weighted by Crippen LogP contribution is -2.49. The van der Waals surface area contributed by atoms with Crippen LogP contribution in [0.1, 0.15) is 60.5 Å². The number of nitrogens with zero attached hydrogens (tertiary/aromatic N) is 2. The van der Waals surface area contributed by atoms with Gasteiger partial charge in [-0.3, -0.25) is 9.59 Å². The Hall–Kier alpha value is -3.08. The number of hydrogen-bond acceptors (Lipinski definition) is 7. The molecule has 46 heavy (non-hydrogen) atoms. The highest BCUT2D eigenvalue weighted by Gasteiger charge is 2.46. The third kappa shape index (κ3) is 5.70. The molecule has 1 saturated carbocycles. The normalized spacial score (nSPS) is 32.6. The average Bonchev–Trinajstić information content (AvgIpc) is 3.39. The third-order valence-electron chi connectivity index (χ3n) is 11.1. The van der Waals surface area contributed by atoms with Crippen molar-refractivity contribution in [2.24, 2.45) is 17.8 Å². The molecule has 3 aliphatic heterocycles. The summed E-state index contributed by atoms with van der Waals surface area (Å²) in [5.74, 6) is 0.160. The number of carbonyl (C=O) groups excluding carboxylic acids is 2. The van der Waals surface area contributed by atoms with Gasteiger partial charge in [0.15, 0.2) is 0 Å². The molecular weight excluding hydrogens is 626 g/mol. The lowest BCUT2D eigenvalue weighted by atomic mass is 9.68. The van der Waals surface area contributed by atoms with Gasteiger partial charge in [0, 0.05) is 62.1 Å². The predicted molar refractivity (Wildman–Crippen MR) is 177 cm³/mol. The number of rotatable bonds is 1. The SMILES string of the molecule is CO[C@H]1/C=C/CC2CN(C(C)=O)C[C@H]2S(=O)(=O)NC(=O)c2ccc3c(c2)N(C[C@@H]2CC[C@H]21)C[C@@]1(CCCc2cc(Cl)ccc21)CO3. The molecule has 2 aromatic rings. The summed E-state index contributed by atoms with van der Waals surface area (Å²) in [7, 11) is -2.36. The second-order valence-corrected chi connectivity index (χ2v) is 16.2. The monoisotopic (exact) mass is 667 g/mol. The number of nitrogens with one attached hydrogen (secondary N) is 1. The van der Waals surface area contributed by atoms with Gasteiger partial charge in [0.1, 0.15) is 11.0 Å². The van der Waals surface area contributed by atoms with Crippen molar-refractivity contribution < 1.29 is 27.5 Å². The first-order valence-corrected chi connectivity index (χ1v) is 18.3. The standard InChI is InChI=1S/C35H42ClN3O6S/c1-22(40)38-18-26-5-3-7-31(44-2)28-11-8-25(28)17-39-20-35(14-4-6-23-15-27(36)10-12-29(23)35)21-45-32-13-9-24(16-30(32)39)34(41)37-46(42,43)33(26)19-38/h3,7,9-10,12-13,15-16,25-26,28,31,33H,4-6,8,11,14,17-21H2,1-2H3,(H,37,41)/b7-3+/t25-,26?,28+,31-,33+,35-/m0/s1. The van der Waals surface area contributed by atoms with Crippen molar-refractivity contribution in [1.82, 2.24) is 9.62 Å². The Labute approximate surface area is 276 Å². The molecule has 1 unspecified atom stereocenters. The summed E-state index contributed by atoms with van der Waals surface area (Å²) in [6.45, 7) is 3.79. The molecule has 7 rings (SSSR count). The molecule has 3 heterocycles. The number of anilines is 1. The van der Waals surface area contributed by atoms with Gasteiger partial charge < -0.3 is 19.3 Å². The average molecular weight is 668 g/mol. The van der Waals surface area contributed by atoms with E-state index in [4.69, 9.17) is 21.1 Å². The first-order chi connectivity index (χ1) is 22.1. The van der Waals surface area contributed by atoms with Gasteiger partial charge in [0.05, 0.1) is 18.4 Å². The van der Waals surface area contributed by atoms with E-state index in [1.807, 2.05) is 12.1 Å². The number of ether oxygens (including phenoxy) is 2. The summed E-state index contributed by atoms with van der Waals surface area (Å²) in [5, 5.41) is -0.172. The number of fused-ring (bicyclic) bond motifs is 5. The van der Waals surface area contributed by atoms with Gasteiger partial charge in [0.25, 0.3) is 5.91 Å². The molecular formula is C35H42ClN3O6S. The van der Waals surface area contributed by atoms with Crippen LogP contribution in [0.4, 0.5) is 5.69 Å². The molecule has 2 aliphatic carbocycles. The van der Waals surface area contributed by atoms with Crippen LogP contribution >= 0.6 is 11.6 Å². The summed E-state index contributed by atoms with van der Waals surface area (Å²) < 4.78 is 42.4. The largest absolute Gasteiger partial charge is 0.490 e. The maximum atomic E-state index is 13.7. The Morgan fingerprint density at radius 3 is 2.72 bits per heavy atom. The van der Waals surface area contributed by atoms with Gasteiger partial charge in [-0.15, -0.1) is 0 Å². The maximum absolute atomic E-state index is 13.7. The van der Waals surface area contributed by atoms with Crippen molar-refractivity contribution in [2.75, 3.05) is 44.8 Å². The van der Waals surface area contributed by atoms with Crippen LogP contribution < -0.4 is 14.4 Å². The number of methoxy groups -OCH3 is 1. The summed E-state index contributed by atoms with van der Waals surface area (Å²) in [6, 6.07) is 11.4. The Morgan fingerprint density at radius 2 is 1.96 bits per heavy atom. The van der Waals surface area contributed by atoms with Gasteiger partial charge in [-0.1, -0.05) is 29.8 Å². The quantitative estimate of drug-likeness (QED) is 0.439. The van der Waals surface area contributed by atoms with E-state index in [0.29, 0.717) is 43.7 Å². The fourth-order valence-electron chi connectivity index (χ4n) is 8.52. The number of amides is 2. The van der Waals surface area contributed by atoms with Crippen LogP contribution in [0.3, 0.4) is 0 Å². The number of likely N-dealkylation sites (tertiary alicyclic amines) is 1. The van der Waals surface area contributed by atoms with Crippen LogP contribution in [0.15, 0.2) is 48.6 Å². The molecule has 246 valence electrons. The van der Waals surface area contributed by atoms with E-state index in [1.165, 1.54) is 18.1 Å². The topological polar surface area (TPSA) is 105 Å². The van der Waals surface area contributed by atoms with Gasteiger partial charge in [0.2, 0.25) is 15.9 Å². The number of benzene rings is 2. The molecule has 6 atom stereocenters. The third-order valence-corrected chi connectivity index (χ3v) is 13.2. The number of sulfonamides is 1. The number of halogens is 1. The molecule has 1 N–H and O–H groups in total. The van der Waals surface area contributed by atoms with Gasteiger partial charge in [-0.05, 0) is 91.8 Å². The summed E-state index contributed by atoms with van der Waals surface area (Å²) in [6.07, 6.45) is 9.52. The smallest absolute Gasteiger partial charge is 0.264 e. The number of aryl methyl sites for hydroxylation is 1. The second-order valence-electron chi connectivity index (χ2n) is 13.9. The van der Waals surface area contributed by atoms with Gasteiger partial charge >= 0.3 is 0 Å². The highest BCUT2D eigenvalue weighted by atomic mass is 35.5. The Morgan fingerprint density at radius 1 is 1.11 bits per heavy atom. The lowest BCUT2D eigenvalue weighted by Gasteiger charge is -2.46. The highest BCUT2D eigenvalue weighted by molar-refractivity contribution is 7.90. The Balaban J connectivity index is 1.29. The van der Waals surface area contributed by atoms with E-state index in [-0.39, 0.29) is 35.5 Å². The molecule has 2 bridgehead atoms. The summed E-state index contributed by atoms with van der Waals surface area (Å²) in [4.78, 5) is 29.8. The van der Waals surface area contributed by atoms with E-state index < -0.39 is 21.2 Å². The second kappa shape index (κ2) is 12.2. The summed E-state index contributed by atoms with van der Waals surface area (Å²) in [5.41, 5.74) is 3.32. The maximum Gasteiger partial charge on any atom is 0.264 e. The van der Waals surface area contributed by atoms with E-state index in [0.717, 1.165) is 49.4 Å². The zero-order valence-electron chi connectivity index (χ0n) is 26.4. The van der Waals surface area contributed by atoms with E-state index in [9.17, 15) is 18.0 Å². The fraction of sp³-hybridized carbons (Fsp3) is 0.543. The lowest BCUT2D eigenvalue weighted by molar-refractivity contribution is -0.127. The van der Waals surface area contributed by atoms with E-state index >= 15 is 0 Å². The fourth-order valence-corrected chi connectivity index (χ4v) is 10.3. The zero-order chi connectivity index (χ0) is 32.2. The van der Waals surface area contributed by atoms with Crippen LogP contribution in [0.2, 0.25) is 5.02 Å². The van der Waals surface area contributed by atoms with Gasteiger partial charge in [-0.25, -0.2) is 13.1 Å². The molecule has 2 amide bonds. The molecule has 9 nitrogen and oxygen atoms in total. The number of allylic oxidation sites excluding steroid dienone is 1. The first-order valence-electron chi connectivity index (χ1n) is 16.4. The minimum absolute atomic E-state index is 0.0510. The molecule has 1 spiro atoms. The van der Waals surface area contributed by atoms with Crippen LogP contribution in [0, 0.1) is 17.8 Å². The summed E-state index contributed by atoms with van der Waals surface area (Å²) >= 11 is 6.42.